The Bertz CT molecular complexity index is 826. The summed E-state index contributed by atoms with van der Waals surface area (Å²) in [7, 11) is 0. The maximum absolute atomic E-state index is 12.4. The molecule has 2 N–H and O–H groups in total. The van der Waals surface area contributed by atoms with Gasteiger partial charge in [-0.1, -0.05) is 24.3 Å². The molecule has 0 spiro atoms. The number of nitrogen functional groups attached to an aromatic ring is 1. The molecule has 0 bridgehead atoms. The van der Waals surface area contributed by atoms with Crippen molar-refractivity contribution in [1.82, 2.24) is 19.8 Å². The van der Waals surface area contributed by atoms with E-state index in [1.807, 2.05) is 29.2 Å². The quantitative estimate of drug-likeness (QED) is 0.855. The van der Waals surface area contributed by atoms with Crippen LogP contribution >= 0.6 is 0 Å². The number of rotatable bonds is 4. The maximum Gasteiger partial charge on any atom is 0.223 e. The van der Waals surface area contributed by atoms with Crippen LogP contribution in [0.4, 0.5) is 5.82 Å². The van der Waals surface area contributed by atoms with Gasteiger partial charge < -0.3 is 10.6 Å². The molecule has 2 aromatic rings. The van der Waals surface area contributed by atoms with E-state index in [9.17, 15) is 4.79 Å². The van der Waals surface area contributed by atoms with E-state index >= 15 is 0 Å². The lowest BCUT2D eigenvalue weighted by Crippen LogP contribution is -2.48. The van der Waals surface area contributed by atoms with Crippen molar-refractivity contribution in [3.05, 3.63) is 42.2 Å². The first-order valence-electron chi connectivity index (χ1n) is 9.37. The third-order valence-electron chi connectivity index (χ3n) is 5.32. The zero-order chi connectivity index (χ0) is 17.9. The Morgan fingerprint density at radius 2 is 1.96 bits per heavy atom. The minimum atomic E-state index is 0.285. The first-order chi connectivity index (χ1) is 12.7. The molecule has 1 atom stereocenters. The number of hydrogen-bond donors (Lipinski definition) is 1. The van der Waals surface area contributed by atoms with E-state index in [1.54, 1.807) is 0 Å². The molecule has 2 aliphatic rings. The number of nitrogens with zero attached hydrogens (tertiary/aromatic N) is 4. The van der Waals surface area contributed by atoms with Crippen LogP contribution in [0.15, 0.2) is 36.4 Å². The summed E-state index contributed by atoms with van der Waals surface area (Å²) in [6.07, 6.45) is 7.26. The smallest absolute Gasteiger partial charge is 0.223 e. The predicted octanol–water partition coefficient (Wildman–Crippen LogP) is 2.21. The number of aromatic nitrogens is 2. The van der Waals surface area contributed by atoms with Crippen molar-refractivity contribution < 1.29 is 4.79 Å². The molecule has 1 aromatic heterocycles. The predicted molar refractivity (Wildman–Crippen MR) is 102 cm³/mol. The lowest BCUT2D eigenvalue weighted by atomic mass is 10.0. The van der Waals surface area contributed by atoms with Gasteiger partial charge in [-0.2, -0.15) is 0 Å². The number of carbonyl (C=O) groups is 1. The van der Waals surface area contributed by atoms with Crippen LogP contribution in [0.2, 0.25) is 0 Å². The van der Waals surface area contributed by atoms with Gasteiger partial charge in [0.05, 0.1) is 12.1 Å². The zero-order valence-electron chi connectivity index (χ0n) is 15.0. The normalized spacial score (nSPS) is 20.8. The summed E-state index contributed by atoms with van der Waals surface area (Å²) in [4.78, 5) is 25.8. The highest BCUT2D eigenvalue weighted by atomic mass is 16.2. The summed E-state index contributed by atoms with van der Waals surface area (Å²) >= 11 is 0. The van der Waals surface area contributed by atoms with Crippen molar-refractivity contribution in [3.8, 4) is 0 Å². The van der Waals surface area contributed by atoms with E-state index in [-0.39, 0.29) is 5.91 Å². The Kier molecular flexibility index (Phi) is 4.84. The molecule has 2 heterocycles. The summed E-state index contributed by atoms with van der Waals surface area (Å²) in [5.74, 6) is 2.00. The molecule has 1 aromatic carbocycles. The molecule has 6 heteroatoms. The number of anilines is 1. The Morgan fingerprint density at radius 3 is 2.73 bits per heavy atom. The van der Waals surface area contributed by atoms with Crippen LogP contribution < -0.4 is 5.73 Å². The Labute approximate surface area is 153 Å². The van der Waals surface area contributed by atoms with Gasteiger partial charge in [0.15, 0.2) is 0 Å². The number of hydrogen-bond acceptors (Lipinski definition) is 5. The molecule has 1 aliphatic carbocycles. The average Bonchev–Trinajstić information content (AvgIpc) is 3.15. The summed E-state index contributed by atoms with van der Waals surface area (Å²) in [6.45, 7) is 3.92. The highest BCUT2D eigenvalue weighted by Gasteiger charge is 2.24. The van der Waals surface area contributed by atoms with Crippen molar-refractivity contribution in [2.45, 2.75) is 25.8 Å². The van der Waals surface area contributed by atoms with Gasteiger partial charge in [-0.25, -0.2) is 9.97 Å². The van der Waals surface area contributed by atoms with Crippen molar-refractivity contribution in [1.29, 1.82) is 0 Å². The van der Waals surface area contributed by atoms with E-state index < -0.39 is 0 Å². The molecular weight excluding hydrogens is 326 g/mol. The first kappa shape index (κ1) is 17.0. The van der Waals surface area contributed by atoms with Gasteiger partial charge in [-0.15, -0.1) is 0 Å². The van der Waals surface area contributed by atoms with Crippen molar-refractivity contribution in [3.63, 3.8) is 0 Å². The SMILES string of the molecule is Nc1nc(CN2CCN(C(=O)C[C@@H]3C=CCC3)CC2)nc2ccccc12. The fraction of sp³-hybridized carbons (Fsp3) is 0.450. The van der Waals surface area contributed by atoms with Crippen LogP contribution in [0.5, 0.6) is 0 Å². The molecule has 0 radical (unpaired) electrons. The van der Waals surface area contributed by atoms with E-state index in [0.717, 1.165) is 55.7 Å². The van der Waals surface area contributed by atoms with Crippen LogP contribution in [0.1, 0.15) is 25.1 Å². The Hall–Kier alpha value is -2.47. The second kappa shape index (κ2) is 7.41. The third-order valence-corrected chi connectivity index (χ3v) is 5.32. The van der Waals surface area contributed by atoms with Crippen LogP contribution in [0, 0.1) is 5.92 Å². The number of allylic oxidation sites excluding steroid dienone is 2. The highest BCUT2D eigenvalue weighted by molar-refractivity contribution is 5.87. The highest BCUT2D eigenvalue weighted by Crippen LogP contribution is 2.22. The van der Waals surface area contributed by atoms with Gasteiger partial charge >= 0.3 is 0 Å². The van der Waals surface area contributed by atoms with Crippen molar-refractivity contribution in [2.24, 2.45) is 5.92 Å². The van der Waals surface area contributed by atoms with Gasteiger partial charge in [0.25, 0.3) is 0 Å². The number of para-hydroxylation sites is 1. The summed E-state index contributed by atoms with van der Waals surface area (Å²) in [5.41, 5.74) is 6.96. The molecule has 1 fully saturated rings. The summed E-state index contributed by atoms with van der Waals surface area (Å²) in [5, 5.41) is 0.896. The fourth-order valence-corrected chi connectivity index (χ4v) is 3.80. The number of benzene rings is 1. The fourth-order valence-electron chi connectivity index (χ4n) is 3.80. The minimum Gasteiger partial charge on any atom is -0.383 e. The molecule has 1 saturated heterocycles. The molecule has 136 valence electrons. The van der Waals surface area contributed by atoms with Gasteiger partial charge in [0.1, 0.15) is 11.6 Å². The first-order valence-corrected chi connectivity index (χ1v) is 9.37. The molecular formula is C20H25N5O. The van der Waals surface area contributed by atoms with Gasteiger partial charge in [0.2, 0.25) is 5.91 Å². The lowest BCUT2D eigenvalue weighted by Gasteiger charge is -2.34. The Balaban J connectivity index is 1.33. The largest absolute Gasteiger partial charge is 0.383 e. The van der Waals surface area contributed by atoms with Gasteiger partial charge in [-0.05, 0) is 30.9 Å². The minimum absolute atomic E-state index is 0.285. The lowest BCUT2D eigenvalue weighted by molar-refractivity contribution is -0.133. The van der Waals surface area contributed by atoms with Gasteiger partial charge in [-0.3, -0.25) is 9.69 Å². The number of fused-ring (bicyclic) bond motifs is 1. The second-order valence-electron chi connectivity index (χ2n) is 7.17. The van der Waals surface area contributed by atoms with Crippen molar-refractivity contribution >= 4 is 22.6 Å². The average molecular weight is 351 g/mol. The molecule has 4 rings (SSSR count). The number of nitrogens with two attached hydrogens (primary N) is 1. The van der Waals surface area contributed by atoms with Gasteiger partial charge in [0, 0.05) is 38.0 Å². The van der Waals surface area contributed by atoms with E-state index in [4.69, 9.17) is 5.73 Å². The van der Waals surface area contributed by atoms with Crippen LogP contribution in [-0.2, 0) is 11.3 Å². The molecule has 26 heavy (non-hydrogen) atoms. The van der Waals surface area contributed by atoms with Crippen LogP contribution in [0.3, 0.4) is 0 Å². The van der Waals surface area contributed by atoms with E-state index in [0.29, 0.717) is 24.7 Å². The third kappa shape index (κ3) is 3.70. The van der Waals surface area contributed by atoms with Crippen LogP contribution in [-0.4, -0.2) is 51.9 Å². The number of piperazine rings is 1. The molecule has 1 amide bonds. The number of amides is 1. The Morgan fingerprint density at radius 1 is 1.15 bits per heavy atom. The van der Waals surface area contributed by atoms with E-state index in [2.05, 4.69) is 27.0 Å². The second-order valence-corrected chi connectivity index (χ2v) is 7.17. The zero-order valence-corrected chi connectivity index (χ0v) is 15.0. The summed E-state index contributed by atoms with van der Waals surface area (Å²) in [6, 6.07) is 7.81. The molecule has 0 saturated carbocycles. The maximum atomic E-state index is 12.4. The topological polar surface area (TPSA) is 75.3 Å². The monoisotopic (exact) mass is 351 g/mol. The molecule has 1 aliphatic heterocycles. The molecule has 6 nitrogen and oxygen atoms in total. The summed E-state index contributed by atoms with van der Waals surface area (Å²) < 4.78 is 0. The van der Waals surface area contributed by atoms with E-state index in [1.165, 1.54) is 0 Å². The van der Waals surface area contributed by atoms with Crippen LogP contribution in [0.25, 0.3) is 10.9 Å². The molecule has 0 unspecified atom stereocenters. The standard InChI is InChI=1S/C20H25N5O/c21-20-16-7-3-4-8-17(16)22-18(23-20)14-24-9-11-25(12-10-24)19(26)13-15-5-1-2-6-15/h1,3-5,7-8,15H,2,6,9-14H2,(H2,21,22,23)/t15-/m1/s1. The van der Waals surface area contributed by atoms with Crippen molar-refractivity contribution in [2.75, 3.05) is 31.9 Å². The number of carbonyl (C=O) groups excluding carboxylic acids is 1.